The second-order valence-electron chi connectivity index (χ2n) is 5.54. The van der Waals surface area contributed by atoms with Gasteiger partial charge < -0.3 is 14.8 Å². The van der Waals surface area contributed by atoms with Gasteiger partial charge in [-0.2, -0.15) is 18.4 Å². The van der Waals surface area contributed by atoms with E-state index in [1.165, 1.54) is 13.2 Å². The Hall–Kier alpha value is -3.28. The summed E-state index contributed by atoms with van der Waals surface area (Å²) in [6, 6.07) is 6.61. The highest BCUT2D eigenvalue weighted by molar-refractivity contribution is 5.89. The molecule has 2 rings (SSSR count). The quantitative estimate of drug-likeness (QED) is 0.792. The Bertz CT molecular complexity index is 892. The number of pyridine rings is 1. The first-order valence-corrected chi connectivity index (χ1v) is 7.71. The Labute approximate surface area is 153 Å². The van der Waals surface area contributed by atoms with Crippen LogP contribution in [0.1, 0.15) is 40.0 Å². The van der Waals surface area contributed by atoms with Gasteiger partial charge >= 0.3 is 12.1 Å². The number of esters is 1. The van der Waals surface area contributed by atoms with Gasteiger partial charge in [0.1, 0.15) is 11.6 Å². The molecule has 0 aliphatic heterocycles. The Morgan fingerprint density at radius 2 is 2.00 bits per heavy atom. The van der Waals surface area contributed by atoms with Crippen molar-refractivity contribution in [2.24, 2.45) is 0 Å². The maximum absolute atomic E-state index is 13.4. The summed E-state index contributed by atoms with van der Waals surface area (Å²) in [5, 5.41) is 11.7. The van der Waals surface area contributed by atoms with Crippen LogP contribution >= 0.6 is 0 Å². The normalized spacial score (nSPS) is 12.0. The van der Waals surface area contributed by atoms with E-state index in [2.05, 4.69) is 15.0 Å². The highest BCUT2D eigenvalue weighted by Gasteiger charge is 2.36. The summed E-state index contributed by atoms with van der Waals surface area (Å²) in [4.78, 5) is 15.2. The predicted octanol–water partition coefficient (Wildman–Crippen LogP) is 3.94. The minimum atomic E-state index is -4.74. The lowest BCUT2D eigenvalue weighted by molar-refractivity contribution is -0.137. The molecule has 0 aliphatic carbocycles. The van der Waals surface area contributed by atoms with Crippen LogP contribution in [-0.4, -0.2) is 25.2 Å². The summed E-state index contributed by atoms with van der Waals surface area (Å²) in [6.07, 6.45) is -3.74. The number of nitrogens with one attached hydrogen (secondary N) is 1. The van der Waals surface area contributed by atoms with Crippen molar-refractivity contribution < 1.29 is 27.4 Å². The standard InChI is InChI=1S/C18H16F3N3O3/c1-10(13-6-11(8-22)4-5-15(13)26-2)24-16-14(18(19,20)21)7-12(9-23-16)17(25)27-3/h4-7,9-10H,1-3H3,(H,23,24)/t10-/m0/s1. The Morgan fingerprint density at radius 3 is 2.56 bits per heavy atom. The minimum Gasteiger partial charge on any atom is -0.496 e. The first kappa shape index (κ1) is 20.0. The summed E-state index contributed by atoms with van der Waals surface area (Å²) in [5.74, 6) is -0.961. The number of benzene rings is 1. The molecule has 0 saturated heterocycles. The zero-order chi connectivity index (χ0) is 20.2. The number of rotatable bonds is 5. The van der Waals surface area contributed by atoms with E-state index in [-0.39, 0.29) is 5.56 Å². The maximum atomic E-state index is 13.4. The highest BCUT2D eigenvalue weighted by Crippen LogP contribution is 2.36. The smallest absolute Gasteiger partial charge is 0.419 e. The van der Waals surface area contributed by atoms with Crippen molar-refractivity contribution in [2.45, 2.75) is 19.1 Å². The van der Waals surface area contributed by atoms with E-state index in [4.69, 9.17) is 10.00 Å². The van der Waals surface area contributed by atoms with Crippen molar-refractivity contribution >= 4 is 11.8 Å². The molecule has 0 radical (unpaired) electrons. The van der Waals surface area contributed by atoms with Gasteiger partial charge in [0, 0.05) is 11.8 Å². The molecule has 1 atom stereocenters. The molecule has 9 heteroatoms. The third kappa shape index (κ3) is 4.47. The molecule has 0 fully saturated rings. The molecule has 1 aromatic heterocycles. The van der Waals surface area contributed by atoms with E-state index in [1.54, 1.807) is 19.1 Å². The first-order valence-electron chi connectivity index (χ1n) is 7.71. The second-order valence-corrected chi connectivity index (χ2v) is 5.54. The van der Waals surface area contributed by atoms with Crippen LogP contribution in [0.25, 0.3) is 0 Å². The molecular weight excluding hydrogens is 363 g/mol. The molecule has 6 nitrogen and oxygen atoms in total. The molecule has 27 heavy (non-hydrogen) atoms. The van der Waals surface area contributed by atoms with Gasteiger partial charge in [0.2, 0.25) is 0 Å². The average molecular weight is 379 g/mol. The van der Waals surface area contributed by atoms with Crippen molar-refractivity contribution in [2.75, 3.05) is 19.5 Å². The van der Waals surface area contributed by atoms with Crippen molar-refractivity contribution in [3.05, 3.63) is 52.7 Å². The van der Waals surface area contributed by atoms with Crippen molar-refractivity contribution in [1.82, 2.24) is 4.98 Å². The number of hydrogen-bond acceptors (Lipinski definition) is 6. The van der Waals surface area contributed by atoms with Crippen molar-refractivity contribution in [3.8, 4) is 11.8 Å². The molecule has 1 heterocycles. The summed E-state index contributed by atoms with van der Waals surface area (Å²) in [5.41, 5.74) is -0.590. The maximum Gasteiger partial charge on any atom is 0.419 e. The van der Waals surface area contributed by atoms with Crippen LogP contribution in [0.4, 0.5) is 19.0 Å². The molecule has 1 N–H and O–H groups in total. The SMILES string of the molecule is COC(=O)c1cnc(N[C@@H](C)c2cc(C#N)ccc2OC)c(C(F)(F)F)c1. The molecule has 142 valence electrons. The molecule has 0 bridgehead atoms. The van der Waals surface area contributed by atoms with Crippen molar-refractivity contribution in [1.29, 1.82) is 5.26 Å². The lowest BCUT2D eigenvalue weighted by atomic mass is 10.0. The average Bonchev–Trinajstić information content (AvgIpc) is 2.66. The van der Waals surface area contributed by atoms with Gasteiger partial charge in [0.05, 0.1) is 43.0 Å². The monoisotopic (exact) mass is 379 g/mol. The van der Waals surface area contributed by atoms with Gasteiger partial charge in [0.15, 0.2) is 0 Å². The Balaban J connectivity index is 2.45. The molecule has 0 unspecified atom stereocenters. The third-order valence-corrected chi connectivity index (χ3v) is 3.79. The number of nitrogens with zero attached hydrogens (tertiary/aromatic N) is 2. The van der Waals surface area contributed by atoms with E-state index in [1.807, 2.05) is 6.07 Å². The summed E-state index contributed by atoms with van der Waals surface area (Å²) in [7, 11) is 2.49. The van der Waals surface area contributed by atoms with Crippen LogP contribution < -0.4 is 10.1 Å². The molecule has 0 aliphatic rings. The molecule has 0 spiro atoms. The summed E-state index contributed by atoms with van der Waals surface area (Å²) >= 11 is 0. The Morgan fingerprint density at radius 1 is 1.30 bits per heavy atom. The van der Waals surface area contributed by atoms with Gasteiger partial charge in [0.25, 0.3) is 0 Å². The third-order valence-electron chi connectivity index (χ3n) is 3.79. The second kappa shape index (κ2) is 7.95. The van der Waals surface area contributed by atoms with Crippen LogP contribution in [0.3, 0.4) is 0 Å². The predicted molar refractivity (Wildman–Crippen MR) is 90.3 cm³/mol. The van der Waals surface area contributed by atoms with E-state index < -0.39 is 29.6 Å². The lowest BCUT2D eigenvalue weighted by Crippen LogP contribution is -2.17. The van der Waals surface area contributed by atoms with Crippen LogP contribution in [0, 0.1) is 11.3 Å². The Kier molecular flexibility index (Phi) is 5.90. The first-order chi connectivity index (χ1) is 12.7. The molecular formula is C18H16F3N3O3. The molecule has 2 aromatic rings. The van der Waals surface area contributed by atoms with E-state index >= 15 is 0 Å². The van der Waals surface area contributed by atoms with Crippen LogP contribution in [0.5, 0.6) is 5.75 Å². The van der Waals surface area contributed by atoms with Gasteiger partial charge in [-0.25, -0.2) is 9.78 Å². The zero-order valence-corrected chi connectivity index (χ0v) is 14.7. The number of anilines is 1. The number of aromatic nitrogens is 1. The number of nitriles is 1. The van der Waals surface area contributed by atoms with E-state index in [9.17, 15) is 18.0 Å². The van der Waals surface area contributed by atoms with E-state index in [0.29, 0.717) is 22.9 Å². The fraction of sp³-hybridized carbons (Fsp3) is 0.278. The summed E-state index contributed by atoms with van der Waals surface area (Å²) in [6.45, 7) is 1.61. The van der Waals surface area contributed by atoms with Crippen LogP contribution in [0.2, 0.25) is 0 Å². The highest BCUT2D eigenvalue weighted by atomic mass is 19.4. The summed E-state index contributed by atoms with van der Waals surface area (Å²) < 4.78 is 49.9. The number of alkyl halides is 3. The number of halogens is 3. The van der Waals surface area contributed by atoms with E-state index in [0.717, 1.165) is 13.3 Å². The topological polar surface area (TPSA) is 84.2 Å². The number of ether oxygens (including phenoxy) is 2. The minimum absolute atomic E-state index is 0.313. The molecule has 0 amide bonds. The van der Waals surface area contributed by atoms with Gasteiger partial charge in [-0.3, -0.25) is 0 Å². The number of hydrogen-bond donors (Lipinski definition) is 1. The van der Waals surface area contributed by atoms with Gasteiger partial charge in [-0.15, -0.1) is 0 Å². The number of methoxy groups -OCH3 is 2. The van der Waals surface area contributed by atoms with Crippen molar-refractivity contribution in [3.63, 3.8) is 0 Å². The lowest BCUT2D eigenvalue weighted by Gasteiger charge is -2.21. The van der Waals surface area contributed by atoms with Crippen LogP contribution in [-0.2, 0) is 10.9 Å². The van der Waals surface area contributed by atoms with Gasteiger partial charge in [-0.05, 0) is 31.2 Å². The number of carbonyl (C=O) groups is 1. The molecule has 1 aromatic carbocycles. The fourth-order valence-corrected chi connectivity index (χ4v) is 2.45. The zero-order valence-electron chi connectivity index (χ0n) is 14.7. The van der Waals surface area contributed by atoms with Gasteiger partial charge in [-0.1, -0.05) is 0 Å². The molecule has 0 saturated carbocycles. The fourth-order valence-electron chi connectivity index (χ4n) is 2.45. The van der Waals surface area contributed by atoms with Crippen LogP contribution in [0.15, 0.2) is 30.5 Å². The number of carbonyl (C=O) groups excluding carboxylic acids is 1. The largest absolute Gasteiger partial charge is 0.496 e.